The first-order chi connectivity index (χ1) is 7.76. The van der Waals surface area contributed by atoms with Crippen LogP contribution in [0.5, 0.6) is 0 Å². The van der Waals surface area contributed by atoms with Crippen LogP contribution in [-0.2, 0) is 0 Å². The SMILES string of the molecule is CCCC1CCCN(CCC(N)CC)CC1. The summed E-state index contributed by atoms with van der Waals surface area (Å²) < 4.78 is 0. The molecule has 2 nitrogen and oxygen atoms in total. The summed E-state index contributed by atoms with van der Waals surface area (Å²) in [6, 6.07) is 0.412. The molecule has 0 aromatic carbocycles. The van der Waals surface area contributed by atoms with Crippen LogP contribution in [0.15, 0.2) is 0 Å². The molecule has 1 saturated heterocycles. The van der Waals surface area contributed by atoms with E-state index < -0.39 is 0 Å². The van der Waals surface area contributed by atoms with Gasteiger partial charge in [0.05, 0.1) is 0 Å². The van der Waals surface area contributed by atoms with Crippen molar-refractivity contribution in [1.82, 2.24) is 4.90 Å². The molecule has 1 rings (SSSR count). The Balaban J connectivity index is 2.19. The second-order valence-electron chi connectivity index (χ2n) is 5.38. The zero-order chi connectivity index (χ0) is 11.8. The van der Waals surface area contributed by atoms with E-state index in [1.165, 1.54) is 58.2 Å². The van der Waals surface area contributed by atoms with Crippen LogP contribution >= 0.6 is 0 Å². The molecule has 0 aromatic rings. The van der Waals surface area contributed by atoms with Crippen LogP contribution < -0.4 is 5.73 Å². The summed E-state index contributed by atoms with van der Waals surface area (Å²) in [4.78, 5) is 2.63. The van der Waals surface area contributed by atoms with Gasteiger partial charge in [-0.2, -0.15) is 0 Å². The first-order valence-electron chi connectivity index (χ1n) is 7.24. The molecule has 0 amide bonds. The van der Waals surface area contributed by atoms with E-state index in [2.05, 4.69) is 18.7 Å². The van der Waals surface area contributed by atoms with Gasteiger partial charge in [0.2, 0.25) is 0 Å². The fourth-order valence-electron chi connectivity index (χ4n) is 2.70. The lowest BCUT2D eigenvalue weighted by Crippen LogP contribution is -2.31. The number of hydrogen-bond donors (Lipinski definition) is 1. The minimum absolute atomic E-state index is 0.412. The summed E-state index contributed by atoms with van der Waals surface area (Å²) in [7, 11) is 0. The van der Waals surface area contributed by atoms with Gasteiger partial charge < -0.3 is 10.6 Å². The molecule has 1 heterocycles. The van der Waals surface area contributed by atoms with E-state index in [-0.39, 0.29) is 0 Å². The maximum absolute atomic E-state index is 5.98. The van der Waals surface area contributed by atoms with E-state index in [9.17, 15) is 0 Å². The fourth-order valence-corrected chi connectivity index (χ4v) is 2.70. The van der Waals surface area contributed by atoms with Crippen molar-refractivity contribution in [3.05, 3.63) is 0 Å². The highest BCUT2D eigenvalue weighted by atomic mass is 15.1. The maximum atomic E-state index is 5.98. The van der Waals surface area contributed by atoms with Gasteiger partial charge in [-0.15, -0.1) is 0 Å². The van der Waals surface area contributed by atoms with Crippen LogP contribution in [-0.4, -0.2) is 30.6 Å². The van der Waals surface area contributed by atoms with Crippen LogP contribution in [0.25, 0.3) is 0 Å². The van der Waals surface area contributed by atoms with Crippen LogP contribution in [0.1, 0.15) is 58.8 Å². The van der Waals surface area contributed by atoms with Crippen molar-refractivity contribution in [2.24, 2.45) is 11.7 Å². The molecule has 0 aromatic heterocycles. The maximum Gasteiger partial charge on any atom is 0.00483 e. The highest BCUT2D eigenvalue weighted by molar-refractivity contribution is 4.71. The molecule has 0 saturated carbocycles. The summed E-state index contributed by atoms with van der Waals surface area (Å²) >= 11 is 0. The van der Waals surface area contributed by atoms with Gasteiger partial charge in [0, 0.05) is 6.04 Å². The van der Waals surface area contributed by atoms with Crippen molar-refractivity contribution < 1.29 is 0 Å². The minimum atomic E-state index is 0.412. The molecule has 2 heteroatoms. The topological polar surface area (TPSA) is 29.3 Å². The van der Waals surface area contributed by atoms with Gasteiger partial charge >= 0.3 is 0 Å². The summed E-state index contributed by atoms with van der Waals surface area (Å²) in [5.74, 6) is 0.995. The lowest BCUT2D eigenvalue weighted by Gasteiger charge is -2.21. The lowest BCUT2D eigenvalue weighted by atomic mass is 9.96. The van der Waals surface area contributed by atoms with E-state index in [4.69, 9.17) is 5.73 Å². The molecule has 2 atom stereocenters. The molecule has 1 aliphatic heterocycles. The van der Waals surface area contributed by atoms with E-state index >= 15 is 0 Å². The molecule has 0 radical (unpaired) electrons. The van der Waals surface area contributed by atoms with Crippen molar-refractivity contribution in [3.8, 4) is 0 Å². The third-order valence-electron chi connectivity index (χ3n) is 3.98. The summed E-state index contributed by atoms with van der Waals surface area (Å²) in [5.41, 5.74) is 5.98. The average Bonchev–Trinajstić information content (AvgIpc) is 2.52. The van der Waals surface area contributed by atoms with E-state index in [0.29, 0.717) is 6.04 Å². The quantitative estimate of drug-likeness (QED) is 0.754. The second-order valence-corrected chi connectivity index (χ2v) is 5.38. The van der Waals surface area contributed by atoms with Crippen molar-refractivity contribution in [2.45, 2.75) is 64.8 Å². The van der Waals surface area contributed by atoms with E-state index in [1.807, 2.05) is 0 Å². The van der Waals surface area contributed by atoms with Gasteiger partial charge in [0.1, 0.15) is 0 Å². The first kappa shape index (κ1) is 14.0. The minimum Gasteiger partial charge on any atom is -0.328 e. The van der Waals surface area contributed by atoms with Crippen LogP contribution in [0.2, 0.25) is 0 Å². The molecular weight excluding hydrogens is 196 g/mol. The van der Waals surface area contributed by atoms with Gasteiger partial charge in [-0.3, -0.25) is 0 Å². The van der Waals surface area contributed by atoms with E-state index in [0.717, 1.165) is 12.3 Å². The standard InChI is InChI=1S/C14H30N2/c1-3-6-13-7-5-10-16(11-8-13)12-9-14(15)4-2/h13-14H,3-12,15H2,1-2H3. The molecule has 16 heavy (non-hydrogen) atoms. The third-order valence-corrected chi connectivity index (χ3v) is 3.98. The normalized spacial score (nSPS) is 25.3. The number of hydrogen-bond acceptors (Lipinski definition) is 2. The zero-order valence-electron chi connectivity index (χ0n) is 11.3. The average molecular weight is 226 g/mol. The number of nitrogens with two attached hydrogens (primary N) is 1. The molecule has 0 bridgehead atoms. The second kappa shape index (κ2) is 8.08. The number of rotatable bonds is 6. The molecule has 0 spiro atoms. The zero-order valence-corrected chi connectivity index (χ0v) is 11.3. The van der Waals surface area contributed by atoms with Crippen molar-refractivity contribution in [1.29, 1.82) is 0 Å². The van der Waals surface area contributed by atoms with Crippen LogP contribution in [0, 0.1) is 5.92 Å². The van der Waals surface area contributed by atoms with Gasteiger partial charge in [-0.1, -0.05) is 26.7 Å². The van der Waals surface area contributed by atoms with Crippen molar-refractivity contribution >= 4 is 0 Å². The lowest BCUT2D eigenvalue weighted by molar-refractivity contribution is 0.267. The number of nitrogens with zero attached hydrogens (tertiary/aromatic N) is 1. The van der Waals surface area contributed by atoms with Gasteiger partial charge in [0.15, 0.2) is 0 Å². The molecule has 2 unspecified atom stereocenters. The highest BCUT2D eigenvalue weighted by Crippen LogP contribution is 2.21. The van der Waals surface area contributed by atoms with Gasteiger partial charge in [-0.25, -0.2) is 0 Å². The first-order valence-corrected chi connectivity index (χ1v) is 7.24. The van der Waals surface area contributed by atoms with Crippen molar-refractivity contribution in [2.75, 3.05) is 19.6 Å². The molecule has 2 N–H and O–H groups in total. The molecule has 1 fully saturated rings. The van der Waals surface area contributed by atoms with Crippen LogP contribution in [0.3, 0.4) is 0 Å². The van der Waals surface area contributed by atoms with Gasteiger partial charge in [-0.05, 0) is 57.7 Å². The Morgan fingerprint density at radius 2 is 2.06 bits per heavy atom. The Kier molecular flexibility index (Phi) is 7.06. The Labute approximate surface area is 102 Å². The predicted octanol–water partition coefficient (Wildman–Crippen LogP) is 3.02. The summed E-state index contributed by atoms with van der Waals surface area (Å²) in [5, 5.41) is 0. The largest absolute Gasteiger partial charge is 0.328 e. The molecule has 0 aliphatic carbocycles. The Hall–Kier alpha value is -0.0800. The molecule has 96 valence electrons. The predicted molar refractivity (Wildman–Crippen MR) is 71.6 cm³/mol. The van der Waals surface area contributed by atoms with E-state index in [1.54, 1.807) is 0 Å². The fraction of sp³-hybridized carbons (Fsp3) is 1.00. The third kappa shape index (κ3) is 5.31. The monoisotopic (exact) mass is 226 g/mol. The van der Waals surface area contributed by atoms with Crippen molar-refractivity contribution in [3.63, 3.8) is 0 Å². The Morgan fingerprint density at radius 3 is 2.75 bits per heavy atom. The molecule has 1 aliphatic rings. The highest BCUT2D eigenvalue weighted by Gasteiger charge is 2.16. The number of likely N-dealkylation sites (tertiary alicyclic amines) is 1. The Bertz CT molecular complexity index is 170. The summed E-state index contributed by atoms with van der Waals surface area (Å²) in [6.07, 6.45) is 9.33. The Morgan fingerprint density at radius 1 is 1.25 bits per heavy atom. The van der Waals surface area contributed by atoms with Gasteiger partial charge in [0.25, 0.3) is 0 Å². The smallest absolute Gasteiger partial charge is 0.00483 e. The van der Waals surface area contributed by atoms with Crippen LogP contribution in [0.4, 0.5) is 0 Å². The molecular formula is C14H30N2. The summed E-state index contributed by atoms with van der Waals surface area (Å²) in [6.45, 7) is 8.32.